The lowest BCUT2D eigenvalue weighted by atomic mass is 9.95. The number of primary amides is 1. The molecule has 3 rings (SSSR count). The number of nitrogen functional groups attached to an aromatic ring is 1. The van der Waals surface area contributed by atoms with E-state index in [1.807, 2.05) is 11.8 Å². The number of hydrogen-bond donors (Lipinski definition) is 3. The van der Waals surface area contributed by atoms with Crippen molar-refractivity contribution in [2.45, 2.75) is 31.7 Å². The van der Waals surface area contributed by atoms with E-state index in [1.54, 1.807) is 18.2 Å². The maximum absolute atomic E-state index is 12.1. The van der Waals surface area contributed by atoms with Crippen LogP contribution in [0.15, 0.2) is 18.2 Å². The highest BCUT2D eigenvalue weighted by atomic mass is 35.5. The first-order valence-electron chi connectivity index (χ1n) is 8.65. The predicted octanol–water partition coefficient (Wildman–Crippen LogP) is 2.84. The molecule has 9 heteroatoms. The van der Waals surface area contributed by atoms with Gasteiger partial charge in [0.1, 0.15) is 11.5 Å². The van der Waals surface area contributed by atoms with Crippen LogP contribution in [0.4, 0.5) is 11.8 Å². The zero-order valence-corrected chi connectivity index (χ0v) is 16.5. The van der Waals surface area contributed by atoms with Crippen LogP contribution >= 0.6 is 23.2 Å². The van der Waals surface area contributed by atoms with Gasteiger partial charge in [0.25, 0.3) is 5.91 Å². The lowest BCUT2D eigenvalue weighted by molar-refractivity contribution is 0.0996. The summed E-state index contributed by atoms with van der Waals surface area (Å²) < 4.78 is 0. The summed E-state index contributed by atoms with van der Waals surface area (Å²) in [6.07, 6.45) is 2.58. The number of carbonyl (C=O) groups is 1. The molecular weight excluding hydrogens is 387 g/mol. The smallest absolute Gasteiger partial charge is 0.268 e. The van der Waals surface area contributed by atoms with Crippen molar-refractivity contribution in [3.8, 4) is 11.1 Å². The number of halogens is 2. The number of rotatable bonds is 3. The fraction of sp³-hybridized carbons (Fsp3) is 0.389. The first-order valence-corrected chi connectivity index (χ1v) is 9.41. The van der Waals surface area contributed by atoms with E-state index in [9.17, 15) is 4.79 Å². The lowest BCUT2D eigenvalue weighted by Gasteiger charge is -2.24. The van der Waals surface area contributed by atoms with E-state index in [0.29, 0.717) is 23.1 Å². The van der Waals surface area contributed by atoms with Crippen LogP contribution in [-0.2, 0) is 0 Å². The Morgan fingerprint density at radius 3 is 2.67 bits per heavy atom. The third-order valence-electron chi connectivity index (χ3n) is 4.79. The summed E-state index contributed by atoms with van der Waals surface area (Å²) in [5.74, 6) is -0.228. The molecule has 2 heterocycles. The van der Waals surface area contributed by atoms with Crippen LogP contribution in [0.25, 0.3) is 11.1 Å². The van der Waals surface area contributed by atoms with Crippen molar-refractivity contribution >= 4 is 40.9 Å². The molecule has 2 aromatic rings. The molecule has 0 spiro atoms. The van der Waals surface area contributed by atoms with E-state index in [0.717, 1.165) is 25.8 Å². The second kappa shape index (κ2) is 7.50. The Hall–Kier alpha value is -2.09. The molecule has 1 aliphatic heterocycles. The molecule has 0 aliphatic carbocycles. The third-order valence-corrected chi connectivity index (χ3v) is 5.61. The monoisotopic (exact) mass is 408 g/mol. The molecule has 1 fully saturated rings. The minimum atomic E-state index is -0.713. The molecule has 1 amide bonds. The minimum Gasteiger partial charge on any atom is -0.383 e. The summed E-state index contributed by atoms with van der Waals surface area (Å²) in [6.45, 7) is 3.43. The summed E-state index contributed by atoms with van der Waals surface area (Å²) in [4.78, 5) is 22.9. The van der Waals surface area contributed by atoms with E-state index in [2.05, 4.69) is 9.97 Å². The number of hydrogen-bond acceptors (Lipinski definition) is 6. The van der Waals surface area contributed by atoms with Gasteiger partial charge in [-0.05, 0) is 32.3 Å². The Labute approximate surface area is 167 Å². The van der Waals surface area contributed by atoms with Gasteiger partial charge in [-0.2, -0.15) is 4.98 Å². The summed E-state index contributed by atoms with van der Waals surface area (Å²) in [5.41, 5.74) is 18.6. The van der Waals surface area contributed by atoms with Gasteiger partial charge in [0.2, 0.25) is 5.95 Å². The number of nitrogens with zero attached hydrogens (tertiary/aromatic N) is 3. The predicted molar refractivity (Wildman–Crippen MR) is 109 cm³/mol. The van der Waals surface area contributed by atoms with Gasteiger partial charge in [0, 0.05) is 24.2 Å². The standard InChI is InChI=1S/C18H22Cl2N6O/c1-18(23)6-3-8-26(9-7-18)17-24-14(16(22)27)12(15(21)25-17)10-4-2-5-11(19)13(10)20/h2,4-5H,3,6-9,23H2,1H3,(H2,22,27)(H2,21,24,25)/t18-/m0/s1. The molecule has 1 aliphatic rings. The maximum atomic E-state index is 12.1. The number of anilines is 2. The molecule has 6 N–H and O–H groups in total. The second-order valence-corrected chi connectivity index (χ2v) is 7.88. The van der Waals surface area contributed by atoms with E-state index in [4.69, 9.17) is 40.4 Å². The van der Waals surface area contributed by atoms with E-state index in [-0.39, 0.29) is 27.6 Å². The van der Waals surface area contributed by atoms with Crippen molar-refractivity contribution in [3.05, 3.63) is 33.9 Å². The minimum absolute atomic E-state index is 0.0152. The zero-order chi connectivity index (χ0) is 19.8. The molecule has 0 saturated carbocycles. The Morgan fingerprint density at radius 2 is 1.96 bits per heavy atom. The molecule has 0 unspecified atom stereocenters. The molecule has 1 aromatic carbocycles. The molecule has 27 heavy (non-hydrogen) atoms. The number of nitrogens with two attached hydrogens (primary N) is 3. The Bertz CT molecular complexity index is 886. The molecule has 7 nitrogen and oxygen atoms in total. The molecule has 1 atom stereocenters. The van der Waals surface area contributed by atoms with Crippen molar-refractivity contribution in [1.82, 2.24) is 9.97 Å². The van der Waals surface area contributed by atoms with Crippen LogP contribution in [0, 0.1) is 0 Å². The largest absolute Gasteiger partial charge is 0.383 e. The van der Waals surface area contributed by atoms with Crippen LogP contribution < -0.4 is 22.1 Å². The SMILES string of the molecule is C[C@]1(N)CCCN(c2nc(N)c(-c3cccc(Cl)c3Cl)c(C(N)=O)n2)CC1. The van der Waals surface area contributed by atoms with Gasteiger partial charge in [0.15, 0.2) is 0 Å². The Balaban J connectivity index is 2.08. The fourth-order valence-corrected chi connectivity index (χ4v) is 3.64. The Morgan fingerprint density at radius 1 is 1.22 bits per heavy atom. The topological polar surface area (TPSA) is 124 Å². The zero-order valence-electron chi connectivity index (χ0n) is 15.0. The molecular formula is C18H22Cl2N6O. The van der Waals surface area contributed by atoms with Crippen molar-refractivity contribution in [2.24, 2.45) is 11.5 Å². The van der Waals surface area contributed by atoms with Gasteiger partial charge in [0.05, 0.1) is 15.6 Å². The molecule has 0 bridgehead atoms. The van der Waals surface area contributed by atoms with Gasteiger partial charge < -0.3 is 22.1 Å². The summed E-state index contributed by atoms with van der Waals surface area (Å²) in [7, 11) is 0. The van der Waals surface area contributed by atoms with Crippen molar-refractivity contribution in [1.29, 1.82) is 0 Å². The quantitative estimate of drug-likeness (QED) is 0.716. The van der Waals surface area contributed by atoms with E-state index in [1.165, 1.54) is 0 Å². The second-order valence-electron chi connectivity index (χ2n) is 7.09. The van der Waals surface area contributed by atoms with E-state index < -0.39 is 5.91 Å². The van der Waals surface area contributed by atoms with Crippen molar-refractivity contribution in [2.75, 3.05) is 23.7 Å². The highest BCUT2D eigenvalue weighted by Crippen LogP contribution is 2.38. The van der Waals surface area contributed by atoms with Gasteiger partial charge in [-0.3, -0.25) is 4.79 Å². The molecule has 1 aromatic heterocycles. The van der Waals surface area contributed by atoms with Crippen LogP contribution in [0.5, 0.6) is 0 Å². The molecule has 0 radical (unpaired) electrons. The van der Waals surface area contributed by atoms with Gasteiger partial charge in [-0.15, -0.1) is 0 Å². The average molecular weight is 409 g/mol. The van der Waals surface area contributed by atoms with Crippen LogP contribution in [-0.4, -0.2) is 34.5 Å². The third kappa shape index (κ3) is 4.10. The molecule has 1 saturated heterocycles. The van der Waals surface area contributed by atoms with Gasteiger partial charge in [-0.25, -0.2) is 4.98 Å². The van der Waals surface area contributed by atoms with Crippen LogP contribution in [0.2, 0.25) is 10.0 Å². The number of amides is 1. The average Bonchev–Trinajstić information content (AvgIpc) is 2.77. The Kier molecular flexibility index (Phi) is 5.46. The number of benzene rings is 1. The summed E-state index contributed by atoms with van der Waals surface area (Å²) >= 11 is 12.4. The summed E-state index contributed by atoms with van der Waals surface area (Å²) in [5, 5.41) is 0.598. The normalized spacial score (nSPS) is 20.4. The number of carbonyl (C=O) groups excluding carboxylic acids is 1. The number of aromatic nitrogens is 2. The molecule has 144 valence electrons. The van der Waals surface area contributed by atoms with Crippen LogP contribution in [0.1, 0.15) is 36.7 Å². The highest BCUT2D eigenvalue weighted by Gasteiger charge is 2.27. The summed E-state index contributed by atoms with van der Waals surface area (Å²) in [6, 6.07) is 5.05. The first kappa shape index (κ1) is 19.7. The van der Waals surface area contributed by atoms with E-state index >= 15 is 0 Å². The van der Waals surface area contributed by atoms with Crippen molar-refractivity contribution in [3.63, 3.8) is 0 Å². The maximum Gasteiger partial charge on any atom is 0.268 e. The lowest BCUT2D eigenvalue weighted by Crippen LogP contribution is -2.37. The van der Waals surface area contributed by atoms with Gasteiger partial charge in [-0.1, -0.05) is 35.3 Å². The first-order chi connectivity index (χ1) is 12.7. The fourth-order valence-electron chi connectivity index (χ4n) is 3.25. The van der Waals surface area contributed by atoms with Crippen molar-refractivity contribution < 1.29 is 4.79 Å². The highest BCUT2D eigenvalue weighted by molar-refractivity contribution is 6.44. The van der Waals surface area contributed by atoms with Gasteiger partial charge >= 0.3 is 0 Å². The van der Waals surface area contributed by atoms with Crippen LogP contribution in [0.3, 0.4) is 0 Å².